The second-order valence-corrected chi connectivity index (χ2v) is 4.49. The molecule has 5 nitrogen and oxygen atoms in total. The molecule has 0 aliphatic rings. The van der Waals surface area contributed by atoms with Crippen molar-refractivity contribution in [1.29, 1.82) is 0 Å². The maximum absolute atomic E-state index is 11.4. The first-order chi connectivity index (χ1) is 9.15. The molecule has 0 aliphatic heterocycles. The minimum Gasteiger partial charge on any atom is -0.497 e. The Morgan fingerprint density at radius 3 is 2.95 bits per heavy atom. The van der Waals surface area contributed by atoms with Gasteiger partial charge in [0.1, 0.15) is 5.75 Å². The van der Waals surface area contributed by atoms with E-state index in [1.165, 1.54) is 5.56 Å². The molecule has 0 saturated carbocycles. The summed E-state index contributed by atoms with van der Waals surface area (Å²) in [5, 5.41) is 1.13. The third kappa shape index (κ3) is 2.88. The Kier molecular flexibility index (Phi) is 4.06. The van der Waals surface area contributed by atoms with Crippen molar-refractivity contribution in [3.8, 4) is 5.75 Å². The van der Waals surface area contributed by atoms with E-state index in [4.69, 9.17) is 10.5 Å². The Morgan fingerprint density at radius 2 is 2.26 bits per heavy atom. The second kappa shape index (κ2) is 5.75. The summed E-state index contributed by atoms with van der Waals surface area (Å²) in [5.74, 6) is 0.789. The van der Waals surface area contributed by atoms with Crippen LogP contribution in [0, 0.1) is 0 Å². The van der Waals surface area contributed by atoms with Crippen LogP contribution in [0.25, 0.3) is 10.9 Å². The monoisotopic (exact) mass is 261 g/mol. The second-order valence-electron chi connectivity index (χ2n) is 4.49. The topological polar surface area (TPSA) is 71.3 Å². The quantitative estimate of drug-likeness (QED) is 0.847. The number of fused-ring (bicyclic) bond motifs is 1. The Morgan fingerprint density at radius 1 is 1.47 bits per heavy atom. The number of aromatic nitrogens is 1. The molecule has 1 aromatic heterocycles. The predicted octanol–water partition coefficient (Wildman–Crippen LogP) is 1.14. The number of likely N-dealkylation sites (N-methyl/N-ethyl adjacent to an activating group) is 1. The summed E-state index contributed by atoms with van der Waals surface area (Å²) in [6, 6.07) is 5.92. The van der Waals surface area contributed by atoms with Crippen LogP contribution in [0.15, 0.2) is 24.4 Å². The summed E-state index contributed by atoms with van der Waals surface area (Å²) in [5.41, 5.74) is 7.58. The molecule has 0 bridgehead atoms. The number of nitrogens with zero attached hydrogens (tertiary/aromatic N) is 1. The molecular formula is C14H19N3O2. The summed E-state index contributed by atoms with van der Waals surface area (Å²) >= 11 is 0. The standard InChI is InChI=1S/C14H19N3O2/c1-17(14(18)8-15)6-5-10-9-16-13-4-3-11(19-2)7-12(10)13/h3-4,7,9,16H,5-6,8,15H2,1-2H3. The lowest BCUT2D eigenvalue weighted by atomic mass is 10.1. The van der Waals surface area contributed by atoms with Gasteiger partial charge in [-0.3, -0.25) is 4.79 Å². The van der Waals surface area contributed by atoms with Crippen molar-refractivity contribution in [2.24, 2.45) is 5.73 Å². The van der Waals surface area contributed by atoms with Crippen LogP contribution in [0.5, 0.6) is 5.75 Å². The van der Waals surface area contributed by atoms with Gasteiger partial charge in [0, 0.05) is 30.7 Å². The SMILES string of the molecule is COc1ccc2[nH]cc(CCN(C)C(=O)CN)c2c1. The van der Waals surface area contributed by atoms with Gasteiger partial charge in [-0.05, 0) is 30.2 Å². The highest BCUT2D eigenvalue weighted by Gasteiger charge is 2.09. The number of ether oxygens (including phenoxy) is 1. The fraction of sp³-hybridized carbons (Fsp3) is 0.357. The molecule has 0 saturated heterocycles. The Labute approximate surface area is 112 Å². The van der Waals surface area contributed by atoms with Crippen LogP contribution in [0.2, 0.25) is 0 Å². The highest BCUT2D eigenvalue weighted by Crippen LogP contribution is 2.23. The number of benzene rings is 1. The van der Waals surface area contributed by atoms with Crippen molar-refractivity contribution in [3.63, 3.8) is 0 Å². The summed E-state index contributed by atoms with van der Waals surface area (Å²) in [6.45, 7) is 0.707. The molecule has 102 valence electrons. The highest BCUT2D eigenvalue weighted by atomic mass is 16.5. The first-order valence-corrected chi connectivity index (χ1v) is 6.23. The van der Waals surface area contributed by atoms with Crippen LogP contribution >= 0.6 is 0 Å². The normalized spacial score (nSPS) is 10.7. The van der Waals surface area contributed by atoms with E-state index in [9.17, 15) is 4.79 Å². The fourth-order valence-corrected chi connectivity index (χ4v) is 2.06. The lowest BCUT2D eigenvalue weighted by Gasteiger charge is -2.15. The van der Waals surface area contributed by atoms with E-state index in [2.05, 4.69) is 4.98 Å². The van der Waals surface area contributed by atoms with E-state index in [1.54, 1.807) is 19.1 Å². The number of nitrogens with one attached hydrogen (secondary N) is 1. The number of hydrogen-bond donors (Lipinski definition) is 2. The molecule has 0 spiro atoms. The van der Waals surface area contributed by atoms with E-state index < -0.39 is 0 Å². The average molecular weight is 261 g/mol. The molecule has 1 aromatic carbocycles. The van der Waals surface area contributed by atoms with Gasteiger partial charge in [-0.15, -0.1) is 0 Å². The van der Waals surface area contributed by atoms with Gasteiger partial charge >= 0.3 is 0 Å². The van der Waals surface area contributed by atoms with Crippen LogP contribution < -0.4 is 10.5 Å². The highest BCUT2D eigenvalue weighted by molar-refractivity contribution is 5.84. The summed E-state index contributed by atoms with van der Waals surface area (Å²) in [7, 11) is 3.42. The van der Waals surface area contributed by atoms with Gasteiger partial charge in [-0.25, -0.2) is 0 Å². The summed E-state index contributed by atoms with van der Waals surface area (Å²) < 4.78 is 5.23. The van der Waals surface area contributed by atoms with E-state index in [0.717, 1.165) is 23.1 Å². The molecule has 2 rings (SSSR count). The summed E-state index contributed by atoms with van der Waals surface area (Å²) in [6.07, 6.45) is 2.76. The van der Waals surface area contributed by atoms with Crippen molar-refractivity contribution in [3.05, 3.63) is 30.0 Å². The molecule has 19 heavy (non-hydrogen) atoms. The Bertz CT molecular complexity index is 577. The zero-order valence-corrected chi connectivity index (χ0v) is 11.3. The smallest absolute Gasteiger partial charge is 0.236 e. The molecule has 0 aliphatic carbocycles. The van der Waals surface area contributed by atoms with Crippen molar-refractivity contribution in [2.75, 3.05) is 27.2 Å². The number of H-pyrrole nitrogens is 1. The number of carbonyl (C=O) groups excluding carboxylic acids is 1. The van der Waals surface area contributed by atoms with E-state index in [1.807, 2.05) is 24.4 Å². The molecule has 1 heterocycles. The molecule has 0 radical (unpaired) electrons. The largest absolute Gasteiger partial charge is 0.497 e. The van der Waals surface area contributed by atoms with E-state index in [-0.39, 0.29) is 12.5 Å². The molecular weight excluding hydrogens is 242 g/mol. The van der Waals surface area contributed by atoms with Gasteiger partial charge in [0.05, 0.1) is 13.7 Å². The number of hydrogen-bond acceptors (Lipinski definition) is 3. The Hall–Kier alpha value is -2.01. The maximum atomic E-state index is 11.4. The average Bonchev–Trinajstić information content (AvgIpc) is 2.85. The van der Waals surface area contributed by atoms with Gasteiger partial charge in [-0.1, -0.05) is 0 Å². The zero-order valence-electron chi connectivity index (χ0n) is 11.3. The van der Waals surface area contributed by atoms with Gasteiger partial charge in [-0.2, -0.15) is 0 Å². The van der Waals surface area contributed by atoms with Gasteiger partial charge < -0.3 is 20.4 Å². The van der Waals surface area contributed by atoms with E-state index in [0.29, 0.717) is 6.54 Å². The number of nitrogens with two attached hydrogens (primary N) is 1. The van der Waals surface area contributed by atoms with Crippen molar-refractivity contribution < 1.29 is 9.53 Å². The minimum absolute atomic E-state index is 0.0441. The predicted molar refractivity (Wildman–Crippen MR) is 75.2 cm³/mol. The van der Waals surface area contributed by atoms with Crippen LogP contribution in [0.4, 0.5) is 0 Å². The number of methoxy groups -OCH3 is 1. The molecule has 0 unspecified atom stereocenters. The molecule has 0 atom stereocenters. The number of amides is 1. The molecule has 1 amide bonds. The van der Waals surface area contributed by atoms with Crippen LogP contribution in [0.1, 0.15) is 5.56 Å². The summed E-state index contributed by atoms with van der Waals surface area (Å²) in [4.78, 5) is 16.3. The van der Waals surface area contributed by atoms with Crippen LogP contribution in [-0.4, -0.2) is 43.0 Å². The minimum atomic E-state index is -0.0441. The third-order valence-electron chi connectivity index (χ3n) is 3.29. The van der Waals surface area contributed by atoms with Gasteiger partial charge in [0.15, 0.2) is 0 Å². The zero-order chi connectivity index (χ0) is 13.8. The van der Waals surface area contributed by atoms with Crippen molar-refractivity contribution in [1.82, 2.24) is 9.88 Å². The molecule has 2 aromatic rings. The van der Waals surface area contributed by atoms with Gasteiger partial charge in [0.2, 0.25) is 5.91 Å². The van der Waals surface area contributed by atoms with Crippen LogP contribution in [-0.2, 0) is 11.2 Å². The van der Waals surface area contributed by atoms with Gasteiger partial charge in [0.25, 0.3) is 0 Å². The number of carbonyl (C=O) groups is 1. The maximum Gasteiger partial charge on any atom is 0.236 e. The lowest BCUT2D eigenvalue weighted by Crippen LogP contribution is -2.34. The lowest BCUT2D eigenvalue weighted by molar-refractivity contribution is -0.128. The number of aromatic amines is 1. The molecule has 0 fully saturated rings. The third-order valence-corrected chi connectivity index (χ3v) is 3.29. The number of rotatable bonds is 5. The van der Waals surface area contributed by atoms with Crippen LogP contribution in [0.3, 0.4) is 0 Å². The van der Waals surface area contributed by atoms with Crippen molar-refractivity contribution in [2.45, 2.75) is 6.42 Å². The first-order valence-electron chi connectivity index (χ1n) is 6.23. The molecule has 5 heteroatoms. The fourth-order valence-electron chi connectivity index (χ4n) is 2.06. The van der Waals surface area contributed by atoms with E-state index >= 15 is 0 Å². The molecule has 3 N–H and O–H groups in total. The van der Waals surface area contributed by atoms with Crippen molar-refractivity contribution >= 4 is 16.8 Å². The first kappa shape index (κ1) is 13.4. The Balaban J connectivity index is 2.14.